The third-order valence-electron chi connectivity index (χ3n) is 2.78. The van der Waals surface area contributed by atoms with E-state index < -0.39 is 5.97 Å². The largest absolute Gasteiger partial charge is 0.490 e. The molecule has 0 aromatic heterocycles. The van der Waals surface area contributed by atoms with Gasteiger partial charge in [-0.15, -0.1) is 0 Å². The molecule has 2 unspecified atom stereocenters. The Balaban J connectivity index is 2.34. The lowest BCUT2D eigenvalue weighted by Crippen LogP contribution is -2.24. The number of hydrogen-bond donors (Lipinski definition) is 1. The molecule has 3 nitrogen and oxygen atoms in total. The van der Waals surface area contributed by atoms with Crippen molar-refractivity contribution < 1.29 is 19.0 Å². The molecule has 0 saturated carbocycles. The number of hydrogen-bond acceptors (Lipinski definition) is 2. The van der Waals surface area contributed by atoms with Gasteiger partial charge in [-0.3, -0.25) is 4.79 Å². The maximum absolute atomic E-state index is 13.0. The van der Waals surface area contributed by atoms with Crippen LogP contribution in [0, 0.1) is 5.82 Å². The Morgan fingerprint density at radius 3 is 3.06 bits per heavy atom. The molecular weight excluding hydrogens is 211 g/mol. The molecule has 0 bridgehead atoms. The van der Waals surface area contributed by atoms with Crippen LogP contribution >= 0.6 is 0 Å². The van der Waals surface area contributed by atoms with E-state index in [1.54, 1.807) is 6.07 Å². The Bertz CT molecular complexity index is 417. The Labute approximate surface area is 92.9 Å². The molecule has 0 radical (unpaired) electrons. The van der Waals surface area contributed by atoms with Gasteiger partial charge in [0.15, 0.2) is 0 Å². The lowest BCUT2D eigenvalue weighted by Gasteiger charge is -2.29. The molecule has 1 heterocycles. The molecular formula is C12H13FO3. The molecule has 4 heteroatoms. The van der Waals surface area contributed by atoms with Gasteiger partial charge in [-0.05, 0) is 25.0 Å². The summed E-state index contributed by atoms with van der Waals surface area (Å²) in [5, 5.41) is 8.82. The smallest absolute Gasteiger partial charge is 0.303 e. The Hall–Kier alpha value is -1.58. The topological polar surface area (TPSA) is 46.5 Å². The summed E-state index contributed by atoms with van der Waals surface area (Å²) in [7, 11) is 0. The number of aliphatic carboxylic acids is 1. The fraction of sp³-hybridized carbons (Fsp3) is 0.417. The van der Waals surface area contributed by atoms with Crippen molar-refractivity contribution in [3.63, 3.8) is 0 Å². The molecule has 2 rings (SSSR count). The maximum Gasteiger partial charge on any atom is 0.303 e. The zero-order chi connectivity index (χ0) is 11.7. The summed E-state index contributed by atoms with van der Waals surface area (Å²) in [5.74, 6) is -0.807. The SMILES string of the molecule is CC1CC(CC(=O)O)c2ccc(F)cc2O1. The minimum atomic E-state index is -0.839. The van der Waals surface area contributed by atoms with Gasteiger partial charge in [0.2, 0.25) is 0 Å². The van der Waals surface area contributed by atoms with Crippen LogP contribution in [0.1, 0.15) is 31.2 Å². The number of carboxylic acid groups (broad SMARTS) is 1. The first-order chi connectivity index (χ1) is 7.56. The van der Waals surface area contributed by atoms with Crippen LogP contribution in [0.4, 0.5) is 4.39 Å². The molecule has 0 aliphatic carbocycles. The maximum atomic E-state index is 13.0. The summed E-state index contributed by atoms with van der Waals surface area (Å²) < 4.78 is 18.5. The zero-order valence-electron chi connectivity index (χ0n) is 8.94. The second-order valence-electron chi connectivity index (χ2n) is 4.14. The highest BCUT2D eigenvalue weighted by Crippen LogP contribution is 2.38. The van der Waals surface area contributed by atoms with Crippen LogP contribution in [0.5, 0.6) is 5.75 Å². The number of halogens is 1. The van der Waals surface area contributed by atoms with E-state index in [1.165, 1.54) is 12.1 Å². The highest BCUT2D eigenvalue weighted by Gasteiger charge is 2.27. The summed E-state index contributed by atoms with van der Waals surface area (Å²) in [6, 6.07) is 4.27. The minimum absolute atomic E-state index is 0.0618. The molecule has 0 spiro atoms. The van der Waals surface area contributed by atoms with Gasteiger partial charge >= 0.3 is 5.97 Å². The Morgan fingerprint density at radius 1 is 1.62 bits per heavy atom. The summed E-state index contributed by atoms with van der Waals surface area (Å²) >= 11 is 0. The Kier molecular flexibility index (Phi) is 2.81. The lowest BCUT2D eigenvalue weighted by molar-refractivity contribution is -0.137. The van der Waals surface area contributed by atoms with Crippen LogP contribution in [-0.2, 0) is 4.79 Å². The predicted octanol–water partition coefficient (Wildman–Crippen LogP) is 2.56. The number of benzene rings is 1. The Morgan fingerprint density at radius 2 is 2.38 bits per heavy atom. The predicted molar refractivity (Wildman–Crippen MR) is 56.1 cm³/mol. The fourth-order valence-electron chi connectivity index (χ4n) is 2.14. The highest BCUT2D eigenvalue weighted by atomic mass is 19.1. The zero-order valence-corrected chi connectivity index (χ0v) is 8.94. The number of carboxylic acids is 1. The van der Waals surface area contributed by atoms with Gasteiger partial charge in [-0.1, -0.05) is 6.07 Å². The average Bonchev–Trinajstić information content (AvgIpc) is 2.15. The van der Waals surface area contributed by atoms with Gasteiger partial charge in [0.25, 0.3) is 0 Å². The molecule has 0 amide bonds. The van der Waals surface area contributed by atoms with Crippen LogP contribution in [0.15, 0.2) is 18.2 Å². The van der Waals surface area contributed by atoms with E-state index in [0.29, 0.717) is 12.2 Å². The van der Waals surface area contributed by atoms with Gasteiger partial charge in [-0.25, -0.2) is 4.39 Å². The molecule has 1 aliphatic rings. The normalized spacial score (nSPS) is 23.4. The van der Waals surface area contributed by atoms with Gasteiger partial charge in [-0.2, -0.15) is 0 Å². The van der Waals surface area contributed by atoms with E-state index >= 15 is 0 Å². The van der Waals surface area contributed by atoms with E-state index in [0.717, 1.165) is 5.56 Å². The van der Waals surface area contributed by atoms with Crippen molar-refractivity contribution in [3.8, 4) is 5.75 Å². The second kappa shape index (κ2) is 4.12. The third kappa shape index (κ3) is 2.15. The summed E-state index contributed by atoms with van der Waals surface area (Å²) in [5.41, 5.74) is 0.793. The van der Waals surface area contributed by atoms with E-state index in [9.17, 15) is 9.18 Å². The standard InChI is InChI=1S/C12H13FO3/c1-7-4-8(5-12(14)15)10-3-2-9(13)6-11(10)16-7/h2-3,6-8H,4-5H2,1H3,(H,14,15). The molecule has 1 aromatic rings. The fourth-order valence-corrected chi connectivity index (χ4v) is 2.14. The highest BCUT2D eigenvalue weighted by molar-refractivity contribution is 5.68. The first kappa shape index (κ1) is 10.9. The van der Waals surface area contributed by atoms with Crippen molar-refractivity contribution in [2.75, 3.05) is 0 Å². The van der Waals surface area contributed by atoms with Gasteiger partial charge in [0.1, 0.15) is 11.6 Å². The molecule has 0 saturated heterocycles. The summed E-state index contributed by atoms with van der Waals surface area (Å²) in [4.78, 5) is 10.7. The summed E-state index contributed by atoms with van der Waals surface area (Å²) in [6.07, 6.45) is 0.649. The second-order valence-corrected chi connectivity index (χ2v) is 4.14. The van der Waals surface area contributed by atoms with Crippen molar-refractivity contribution >= 4 is 5.97 Å². The van der Waals surface area contributed by atoms with E-state index in [-0.39, 0.29) is 24.3 Å². The molecule has 1 aliphatic heterocycles. The van der Waals surface area contributed by atoms with E-state index in [4.69, 9.17) is 9.84 Å². The van der Waals surface area contributed by atoms with E-state index in [1.807, 2.05) is 6.92 Å². The average molecular weight is 224 g/mol. The molecule has 0 fully saturated rings. The van der Waals surface area contributed by atoms with Crippen molar-refractivity contribution in [2.45, 2.75) is 31.8 Å². The minimum Gasteiger partial charge on any atom is -0.490 e. The van der Waals surface area contributed by atoms with Crippen LogP contribution < -0.4 is 4.74 Å². The van der Waals surface area contributed by atoms with Crippen molar-refractivity contribution in [3.05, 3.63) is 29.6 Å². The molecule has 1 aromatic carbocycles. The number of ether oxygens (including phenoxy) is 1. The van der Waals surface area contributed by atoms with Crippen LogP contribution in [0.3, 0.4) is 0 Å². The van der Waals surface area contributed by atoms with Crippen molar-refractivity contribution in [2.24, 2.45) is 0 Å². The lowest BCUT2D eigenvalue weighted by atomic mass is 9.87. The molecule has 2 atom stereocenters. The monoisotopic (exact) mass is 224 g/mol. The van der Waals surface area contributed by atoms with Gasteiger partial charge in [0, 0.05) is 12.0 Å². The van der Waals surface area contributed by atoms with Crippen LogP contribution in [0.25, 0.3) is 0 Å². The van der Waals surface area contributed by atoms with Gasteiger partial charge < -0.3 is 9.84 Å². The number of carbonyl (C=O) groups is 1. The van der Waals surface area contributed by atoms with Crippen molar-refractivity contribution in [1.82, 2.24) is 0 Å². The van der Waals surface area contributed by atoms with E-state index in [2.05, 4.69) is 0 Å². The van der Waals surface area contributed by atoms with Crippen LogP contribution in [0.2, 0.25) is 0 Å². The first-order valence-corrected chi connectivity index (χ1v) is 5.24. The molecule has 1 N–H and O–H groups in total. The number of fused-ring (bicyclic) bond motifs is 1. The number of rotatable bonds is 2. The van der Waals surface area contributed by atoms with Gasteiger partial charge in [0.05, 0.1) is 12.5 Å². The molecule has 86 valence electrons. The van der Waals surface area contributed by atoms with Crippen LogP contribution in [-0.4, -0.2) is 17.2 Å². The first-order valence-electron chi connectivity index (χ1n) is 5.24. The molecule has 16 heavy (non-hydrogen) atoms. The quantitative estimate of drug-likeness (QED) is 0.839. The third-order valence-corrected chi connectivity index (χ3v) is 2.78. The summed E-state index contributed by atoms with van der Waals surface area (Å²) in [6.45, 7) is 1.86. The van der Waals surface area contributed by atoms with Crippen molar-refractivity contribution in [1.29, 1.82) is 0 Å².